The molecule has 0 aromatic heterocycles. The van der Waals surface area contributed by atoms with Gasteiger partial charge >= 0.3 is 0 Å². The quantitative estimate of drug-likeness (QED) is 0.530. The zero-order valence-corrected chi connectivity index (χ0v) is 11.5. The van der Waals surface area contributed by atoms with Crippen molar-refractivity contribution in [2.75, 3.05) is 0 Å². The molecule has 2 bridgehead atoms. The van der Waals surface area contributed by atoms with Crippen LogP contribution in [-0.2, 0) is 4.79 Å². The molecule has 2 nitrogen and oxygen atoms in total. The molecule has 17 heavy (non-hydrogen) atoms. The van der Waals surface area contributed by atoms with Crippen LogP contribution in [0, 0.1) is 22.8 Å². The van der Waals surface area contributed by atoms with Crippen molar-refractivity contribution in [2.45, 2.75) is 65.8 Å². The van der Waals surface area contributed by atoms with Crippen LogP contribution in [0.2, 0.25) is 0 Å². The van der Waals surface area contributed by atoms with E-state index in [9.17, 15) is 4.79 Å². The maximum absolute atomic E-state index is 12.4. The van der Waals surface area contributed by atoms with Gasteiger partial charge in [-0.25, -0.2) is 0 Å². The number of carbonyl (C=O) groups is 1. The minimum absolute atomic E-state index is 0.0729. The molecule has 2 rings (SSSR count). The molecule has 0 aromatic rings. The third-order valence-corrected chi connectivity index (χ3v) is 5.03. The van der Waals surface area contributed by atoms with E-state index < -0.39 is 0 Å². The summed E-state index contributed by atoms with van der Waals surface area (Å²) in [5.74, 6) is 3.41. The average molecular weight is 233 g/mol. The molecule has 0 aromatic carbocycles. The van der Waals surface area contributed by atoms with Gasteiger partial charge in [-0.15, -0.1) is 0 Å². The van der Waals surface area contributed by atoms with E-state index in [0.29, 0.717) is 6.04 Å². The van der Waals surface area contributed by atoms with Gasteiger partial charge in [0, 0.05) is 17.9 Å². The summed E-state index contributed by atoms with van der Waals surface area (Å²) < 4.78 is 0. The Balaban J connectivity index is 2.16. The highest BCUT2D eigenvalue weighted by Gasteiger charge is 2.65. The predicted octanol–water partition coefficient (Wildman–Crippen LogP) is 3.17. The Morgan fingerprint density at radius 1 is 1.41 bits per heavy atom. The van der Waals surface area contributed by atoms with Crippen molar-refractivity contribution in [1.82, 2.24) is 4.90 Å². The van der Waals surface area contributed by atoms with Gasteiger partial charge in [0.15, 0.2) is 0 Å². The molecule has 1 aliphatic carbocycles. The highest BCUT2D eigenvalue weighted by atomic mass is 16.2. The SMILES string of the molecule is CCCCC#CN1C(=O)[C@]2(C)CC[C@H]1C2(C)C. The van der Waals surface area contributed by atoms with Crippen LogP contribution in [0.25, 0.3) is 0 Å². The lowest BCUT2D eigenvalue weighted by atomic mass is 9.70. The van der Waals surface area contributed by atoms with Gasteiger partial charge in [-0.05, 0) is 19.3 Å². The molecule has 2 atom stereocenters. The number of piperidine rings is 1. The minimum Gasteiger partial charge on any atom is -0.273 e. The van der Waals surface area contributed by atoms with Crippen LogP contribution in [0.15, 0.2) is 0 Å². The molecule has 0 unspecified atom stereocenters. The first-order valence-electron chi connectivity index (χ1n) is 6.77. The molecule has 0 N–H and O–H groups in total. The van der Waals surface area contributed by atoms with E-state index >= 15 is 0 Å². The number of carbonyl (C=O) groups excluding carboxylic acids is 1. The Labute approximate surface area is 105 Å². The lowest BCUT2D eigenvalue weighted by Gasteiger charge is -2.29. The Kier molecular flexibility index (Phi) is 2.97. The monoisotopic (exact) mass is 233 g/mol. The summed E-state index contributed by atoms with van der Waals surface area (Å²) in [6.07, 6.45) is 5.33. The van der Waals surface area contributed by atoms with Crippen molar-refractivity contribution in [3.8, 4) is 12.0 Å². The summed E-state index contributed by atoms with van der Waals surface area (Å²) in [6.45, 7) is 8.71. The Morgan fingerprint density at radius 3 is 2.65 bits per heavy atom. The molecular formula is C15H23NO. The number of nitrogens with zero attached hydrogens (tertiary/aromatic N) is 1. The average Bonchev–Trinajstić information content (AvgIpc) is 2.58. The molecule has 0 radical (unpaired) electrons. The summed E-state index contributed by atoms with van der Waals surface area (Å²) in [5.41, 5.74) is -0.110. The van der Waals surface area contributed by atoms with E-state index in [1.807, 2.05) is 4.90 Å². The molecular weight excluding hydrogens is 210 g/mol. The Hall–Kier alpha value is -0.970. The molecule has 1 amide bonds. The number of fused-ring (bicyclic) bond motifs is 2. The summed E-state index contributed by atoms with van der Waals surface area (Å²) >= 11 is 0. The van der Waals surface area contributed by atoms with Gasteiger partial charge in [-0.1, -0.05) is 40.0 Å². The van der Waals surface area contributed by atoms with Gasteiger partial charge in [-0.3, -0.25) is 9.69 Å². The molecule has 2 heteroatoms. The number of unbranched alkanes of at least 4 members (excludes halogenated alkanes) is 2. The summed E-state index contributed by atoms with van der Waals surface area (Å²) in [6, 6.07) is 3.44. The normalized spacial score (nSPS) is 33.8. The van der Waals surface area contributed by atoms with Gasteiger partial charge in [0.1, 0.15) is 0 Å². The molecule has 2 aliphatic rings. The van der Waals surface area contributed by atoms with E-state index in [1.54, 1.807) is 0 Å². The highest BCUT2D eigenvalue weighted by Crippen LogP contribution is 2.60. The predicted molar refractivity (Wildman–Crippen MR) is 69.1 cm³/mol. The first-order chi connectivity index (χ1) is 7.95. The van der Waals surface area contributed by atoms with Crippen molar-refractivity contribution >= 4 is 5.91 Å². The third-order valence-electron chi connectivity index (χ3n) is 5.03. The van der Waals surface area contributed by atoms with Crippen LogP contribution in [0.4, 0.5) is 0 Å². The lowest BCUT2D eigenvalue weighted by Crippen LogP contribution is -2.36. The topological polar surface area (TPSA) is 20.3 Å². The summed E-state index contributed by atoms with van der Waals surface area (Å²) in [4.78, 5) is 14.2. The van der Waals surface area contributed by atoms with Crippen molar-refractivity contribution in [1.29, 1.82) is 0 Å². The highest BCUT2D eigenvalue weighted by molar-refractivity contribution is 5.89. The van der Waals surface area contributed by atoms with E-state index in [2.05, 4.69) is 39.7 Å². The van der Waals surface area contributed by atoms with Gasteiger partial charge < -0.3 is 0 Å². The zero-order chi connectivity index (χ0) is 12.7. The van der Waals surface area contributed by atoms with Gasteiger partial charge in [0.05, 0.1) is 11.5 Å². The Morgan fingerprint density at radius 2 is 2.12 bits per heavy atom. The molecule has 1 aliphatic heterocycles. The molecule has 1 saturated carbocycles. The van der Waals surface area contributed by atoms with Gasteiger partial charge in [0.2, 0.25) is 5.91 Å². The summed E-state index contributed by atoms with van der Waals surface area (Å²) in [5, 5.41) is 0. The summed E-state index contributed by atoms with van der Waals surface area (Å²) in [7, 11) is 0. The van der Waals surface area contributed by atoms with Crippen molar-refractivity contribution < 1.29 is 4.79 Å². The van der Waals surface area contributed by atoms with Crippen LogP contribution in [0.3, 0.4) is 0 Å². The maximum Gasteiger partial charge on any atom is 0.240 e. The van der Waals surface area contributed by atoms with E-state index in [1.165, 1.54) is 0 Å². The zero-order valence-electron chi connectivity index (χ0n) is 11.5. The van der Waals surface area contributed by atoms with Crippen molar-refractivity contribution in [3.05, 3.63) is 0 Å². The largest absolute Gasteiger partial charge is 0.273 e. The van der Waals surface area contributed by atoms with Crippen LogP contribution < -0.4 is 0 Å². The smallest absolute Gasteiger partial charge is 0.240 e. The first-order valence-corrected chi connectivity index (χ1v) is 6.77. The molecule has 94 valence electrons. The second kappa shape index (κ2) is 4.05. The number of hydrogen-bond donors (Lipinski definition) is 0. The van der Waals surface area contributed by atoms with Crippen LogP contribution in [0.1, 0.15) is 59.8 Å². The van der Waals surface area contributed by atoms with Crippen LogP contribution in [0.5, 0.6) is 0 Å². The second-order valence-corrected chi connectivity index (χ2v) is 6.18. The fraction of sp³-hybridized carbons (Fsp3) is 0.800. The fourth-order valence-electron chi connectivity index (χ4n) is 3.25. The van der Waals surface area contributed by atoms with Crippen molar-refractivity contribution in [3.63, 3.8) is 0 Å². The molecule has 0 spiro atoms. The molecule has 1 heterocycles. The molecule has 2 fully saturated rings. The van der Waals surface area contributed by atoms with E-state index in [4.69, 9.17) is 0 Å². The van der Waals surface area contributed by atoms with Gasteiger partial charge in [0.25, 0.3) is 0 Å². The lowest BCUT2D eigenvalue weighted by molar-refractivity contribution is -0.136. The number of amides is 1. The van der Waals surface area contributed by atoms with Crippen LogP contribution in [-0.4, -0.2) is 16.8 Å². The number of likely N-dealkylation sites (tertiary alicyclic amines) is 1. The van der Waals surface area contributed by atoms with E-state index in [-0.39, 0.29) is 16.7 Å². The second-order valence-electron chi connectivity index (χ2n) is 6.18. The van der Waals surface area contributed by atoms with E-state index in [0.717, 1.165) is 32.1 Å². The third kappa shape index (κ3) is 1.59. The number of rotatable bonds is 2. The Bertz CT molecular complexity index is 387. The first kappa shape index (κ1) is 12.5. The number of hydrogen-bond acceptors (Lipinski definition) is 1. The fourth-order valence-corrected chi connectivity index (χ4v) is 3.25. The standard InChI is InChI=1S/C15H23NO/c1-5-6-7-8-11-16-12-9-10-15(4,13(16)17)14(12,2)3/h12H,5-7,9-10H2,1-4H3/t12-,15-/m0/s1. The van der Waals surface area contributed by atoms with Crippen LogP contribution >= 0.6 is 0 Å². The van der Waals surface area contributed by atoms with Gasteiger partial charge in [-0.2, -0.15) is 0 Å². The minimum atomic E-state index is -0.183. The molecule has 1 saturated heterocycles. The maximum atomic E-state index is 12.4. The van der Waals surface area contributed by atoms with Crippen molar-refractivity contribution in [2.24, 2.45) is 10.8 Å².